The van der Waals surface area contributed by atoms with Crippen LogP contribution in [0.4, 0.5) is 5.88 Å². The van der Waals surface area contributed by atoms with E-state index in [9.17, 15) is 4.79 Å². The van der Waals surface area contributed by atoms with Gasteiger partial charge in [0.1, 0.15) is 5.76 Å². The molecule has 2 heterocycles. The van der Waals surface area contributed by atoms with Crippen LogP contribution in [0.3, 0.4) is 0 Å². The van der Waals surface area contributed by atoms with Gasteiger partial charge >= 0.3 is 0 Å². The minimum atomic E-state index is -0.288. The van der Waals surface area contributed by atoms with Crippen LogP contribution < -0.4 is 10.3 Å². The molecule has 110 valence electrons. The molecular formula is C15H18N4O2. The fraction of sp³-hybridized carbons (Fsp3) is 0.267. The molecule has 0 aliphatic rings. The lowest BCUT2D eigenvalue weighted by molar-refractivity contribution is 0.0955. The predicted octanol–water partition coefficient (Wildman–Crippen LogP) is 2.28. The highest BCUT2D eigenvalue weighted by atomic mass is 16.4. The summed E-state index contributed by atoms with van der Waals surface area (Å²) < 4.78 is 5.63. The summed E-state index contributed by atoms with van der Waals surface area (Å²) in [6.45, 7) is 5.88. The maximum atomic E-state index is 11.7. The number of pyridine rings is 1. The van der Waals surface area contributed by atoms with E-state index in [1.54, 1.807) is 24.5 Å². The SMILES string of the molecule is CCN(CC)c1ccc(/C=N\NC(=O)c2ccncc2)o1. The number of furan rings is 1. The second-order valence-corrected chi connectivity index (χ2v) is 4.28. The average molecular weight is 286 g/mol. The summed E-state index contributed by atoms with van der Waals surface area (Å²) in [5, 5.41) is 3.89. The summed E-state index contributed by atoms with van der Waals surface area (Å²) in [5.74, 6) is 1.10. The van der Waals surface area contributed by atoms with Gasteiger partial charge < -0.3 is 9.32 Å². The second kappa shape index (κ2) is 7.23. The van der Waals surface area contributed by atoms with Gasteiger partial charge in [0.2, 0.25) is 0 Å². The lowest BCUT2D eigenvalue weighted by Gasteiger charge is -2.16. The number of hydrogen-bond acceptors (Lipinski definition) is 5. The molecule has 0 bridgehead atoms. The zero-order valence-corrected chi connectivity index (χ0v) is 12.1. The third kappa shape index (κ3) is 3.92. The van der Waals surface area contributed by atoms with Gasteiger partial charge in [-0.2, -0.15) is 5.10 Å². The Labute approximate surface area is 123 Å². The van der Waals surface area contributed by atoms with Crippen molar-refractivity contribution in [2.75, 3.05) is 18.0 Å². The fourth-order valence-electron chi connectivity index (χ4n) is 1.84. The summed E-state index contributed by atoms with van der Waals surface area (Å²) in [6.07, 6.45) is 4.59. The Bertz CT molecular complexity index is 603. The highest BCUT2D eigenvalue weighted by Gasteiger charge is 2.06. The van der Waals surface area contributed by atoms with Crippen LogP contribution in [-0.2, 0) is 0 Å². The Kier molecular flexibility index (Phi) is 5.09. The lowest BCUT2D eigenvalue weighted by Crippen LogP contribution is -2.20. The zero-order valence-electron chi connectivity index (χ0n) is 12.1. The van der Waals surface area contributed by atoms with E-state index < -0.39 is 0 Å². The van der Waals surface area contributed by atoms with Gasteiger partial charge in [-0.05, 0) is 32.0 Å². The summed E-state index contributed by atoms with van der Waals surface area (Å²) >= 11 is 0. The molecule has 2 aromatic rings. The highest BCUT2D eigenvalue weighted by molar-refractivity contribution is 5.94. The van der Waals surface area contributed by atoms with Crippen LogP contribution in [0.1, 0.15) is 30.0 Å². The molecule has 0 spiro atoms. The van der Waals surface area contributed by atoms with Gasteiger partial charge in [0, 0.05) is 37.1 Å². The molecule has 0 aliphatic carbocycles. The van der Waals surface area contributed by atoms with Gasteiger partial charge in [0.05, 0.1) is 6.21 Å². The first-order chi connectivity index (χ1) is 10.2. The van der Waals surface area contributed by atoms with Crippen LogP contribution in [0.25, 0.3) is 0 Å². The van der Waals surface area contributed by atoms with Crippen molar-refractivity contribution in [3.63, 3.8) is 0 Å². The molecule has 2 aromatic heterocycles. The van der Waals surface area contributed by atoms with Crippen molar-refractivity contribution in [3.8, 4) is 0 Å². The molecule has 2 rings (SSSR count). The molecule has 0 saturated heterocycles. The molecule has 0 aromatic carbocycles. The summed E-state index contributed by atoms with van der Waals surface area (Å²) in [5.41, 5.74) is 2.95. The molecule has 0 fully saturated rings. The number of amides is 1. The number of carbonyl (C=O) groups excluding carboxylic acids is 1. The topological polar surface area (TPSA) is 70.7 Å². The number of hydrogen-bond donors (Lipinski definition) is 1. The van der Waals surface area contributed by atoms with Crippen molar-refractivity contribution >= 4 is 18.0 Å². The van der Waals surface area contributed by atoms with Crippen molar-refractivity contribution < 1.29 is 9.21 Å². The van der Waals surface area contributed by atoms with Gasteiger partial charge in [0.15, 0.2) is 5.88 Å². The molecule has 21 heavy (non-hydrogen) atoms. The van der Waals surface area contributed by atoms with E-state index in [1.165, 1.54) is 6.21 Å². The van der Waals surface area contributed by atoms with E-state index in [-0.39, 0.29) is 5.91 Å². The Morgan fingerprint density at radius 3 is 2.67 bits per heavy atom. The van der Waals surface area contributed by atoms with E-state index in [1.807, 2.05) is 12.1 Å². The molecule has 0 saturated carbocycles. The van der Waals surface area contributed by atoms with E-state index in [4.69, 9.17) is 4.42 Å². The van der Waals surface area contributed by atoms with Crippen LogP contribution in [-0.4, -0.2) is 30.2 Å². The highest BCUT2D eigenvalue weighted by Crippen LogP contribution is 2.16. The van der Waals surface area contributed by atoms with Crippen molar-refractivity contribution in [2.45, 2.75) is 13.8 Å². The number of aromatic nitrogens is 1. The van der Waals surface area contributed by atoms with Crippen molar-refractivity contribution in [3.05, 3.63) is 48.0 Å². The van der Waals surface area contributed by atoms with Crippen molar-refractivity contribution in [1.82, 2.24) is 10.4 Å². The van der Waals surface area contributed by atoms with Crippen molar-refractivity contribution in [2.24, 2.45) is 5.10 Å². The molecule has 0 aliphatic heterocycles. The van der Waals surface area contributed by atoms with E-state index in [0.717, 1.165) is 19.0 Å². The molecule has 1 amide bonds. The monoisotopic (exact) mass is 286 g/mol. The van der Waals surface area contributed by atoms with Gasteiger partial charge in [0.25, 0.3) is 5.91 Å². The minimum Gasteiger partial charge on any atom is -0.440 e. The fourth-order valence-corrected chi connectivity index (χ4v) is 1.84. The van der Waals surface area contributed by atoms with E-state index in [0.29, 0.717) is 11.3 Å². The van der Waals surface area contributed by atoms with Gasteiger partial charge in [-0.25, -0.2) is 5.43 Å². The Hall–Kier alpha value is -2.63. The zero-order chi connectivity index (χ0) is 15.1. The quantitative estimate of drug-likeness (QED) is 0.653. The molecular weight excluding hydrogens is 268 g/mol. The molecule has 1 N–H and O–H groups in total. The minimum absolute atomic E-state index is 0.288. The Balaban J connectivity index is 1.94. The van der Waals surface area contributed by atoms with Gasteiger partial charge in [-0.1, -0.05) is 0 Å². The maximum absolute atomic E-state index is 11.7. The van der Waals surface area contributed by atoms with Crippen LogP contribution in [0.5, 0.6) is 0 Å². The molecule has 0 atom stereocenters. The first kappa shape index (κ1) is 14.8. The summed E-state index contributed by atoms with van der Waals surface area (Å²) in [6, 6.07) is 6.95. The average Bonchev–Trinajstić information content (AvgIpc) is 2.98. The maximum Gasteiger partial charge on any atom is 0.271 e. The lowest BCUT2D eigenvalue weighted by atomic mass is 10.3. The number of hydrazone groups is 1. The smallest absolute Gasteiger partial charge is 0.271 e. The first-order valence-corrected chi connectivity index (χ1v) is 6.82. The Morgan fingerprint density at radius 2 is 2.00 bits per heavy atom. The third-order valence-corrected chi connectivity index (χ3v) is 2.99. The number of anilines is 1. The van der Waals surface area contributed by atoms with Crippen LogP contribution in [0, 0.1) is 0 Å². The molecule has 0 unspecified atom stereocenters. The molecule has 6 nitrogen and oxygen atoms in total. The number of nitrogens with zero attached hydrogens (tertiary/aromatic N) is 3. The number of carbonyl (C=O) groups is 1. The van der Waals surface area contributed by atoms with Crippen LogP contribution in [0.2, 0.25) is 0 Å². The van der Waals surface area contributed by atoms with Gasteiger partial charge in [-0.3, -0.25) is 9.78 Å². The largest absolute Gasteiger partial charge is 0.440 e. The summed E-state index contributed by atoms with van der Waals surface area (Å²) in [4.78, 5) is 17.7. The summed E-state index contributed by atoms with van der Waals surface area (Å²) in [7, 11) is 0. The molecule has 6 heteroatoms. The Morgan fingerprint density at radius 1 is 1.29 bits per heavy atom. The standard InChI is InChI=1S/C15H18N4O2/c1-3-19(4-2)14-6-5-13(21-14)11-17-18-15(20)12-7-9-16-10-8-12/h5-11H,3-4H2,1-2H3,(H,18,20)/b17-11-. The van der Waals surface area contributed by atoms with Crippen LogP contribution in [0.15, 0.2) is 46.2 Å². The number of nitrogens with one attached hydrogen (secondary N) is 1. The molecule has 0 radical (unpaired) electrons. The number of rotatable bonds is 6. The third-order valence-electron chi connectivity index (χ3n) is 2.99. The van der Waals surface area contributed by atoms with E-state index in [2.05, 4.69) is 34.3 Å². The van der Waals surface area contributed by atoms with Crippen molar-refractivity contribution in [1.29, 1.82) is 0 Å². The first-order valence-electron chi connectivity index (χ1n) is 6.82. The van der Waals surface area contributed by atoms with Gasteiger partial charge in [-0.15, -0.1) is 0 Å². The second-order valence-electron chi connectivity index (χ2n) is 4.28. The normalized spacial score (nSPS) is 10.8. The van der Waals surface area contributed by atoms with E-state index >= 15 is 0 Å². The van der Waals surface area contributed by atoms with Crippen LogP contribution >= 0.6 is 0 Å². The predicted molar refractivity (Wildman–Crippen MR) is 81.6 cm³/mol.